The minimum Gasteiger partial charge on any atom is -0.375 e. The van der Waals surface area contributed by atoms with Gasteiger partial charge in [-0.1, -0.05) is 47.5 Å². The molecule has 0 saturated heterocycles. The summed E-state index contributed by atoms with van der Waals surface area (Å²) in [5.74, 6) is -0.136. The van der Waals surface area contributed by atoms with Crippen molar-refractivity contribution in [2.75, 3.05) is 25.0 Å². The van der Waals surface area contributed by atoms with E-state index in [1.807, 2.05) is 25.2 Å². The van der Waals surface area contributed by atoms with Gasteiger partial charge in [-0.05, 0) is 42.3 Å². The molecule has 0 aliphatic heterocycles. The molecule has 0 radical (unpaired) electrons. The molecule has 0 atom stereocenters. The number of carbonyl (C=O) groups is 1. The lowest BCUT2D eigenvalue weighted by Crippen LogP contribution is -2.26. The van der Waals surface area contributed by atoms with Crippen molar-refractivity contribution in [2.45, 2.75) is 6.42 Å². The van der Waals surface area contributed by atoms with Gasteiger partial charge in [0.25, 0.3) is 0 Å². The van der Waals surface area contributed by atoms with Crippen LogP contribution in [0, 0.1) is 0 Å². The Morgan fingerprint density at radius 2 is 1.92 bits per heavy atom. The van der Waals surface area contributed by atoms with Gasteiger partial charge in [0, 0.05) is 41.9 Å². The second-order valence-corrected chi connectivity index (χ2v) is 6.24. The van der Waals surface area contributed by atoms with Gasteiger partial charge in [-0.3, -0.25) is 4.79 Å². The maximum Gasteiger partial charge on any atom is 0.244 e. The topological polar surface area (TPSA) is 32.3 Å². The third-order valence-corrected chi connectivity index (χ3v) is 4.11. The van der Waals surface area contributed by atoms with E-state index >= 15 is 0 Å². The molecule has 0 heterocycles. The Bertz CT molecular complexity index is 702. The summed E-state index contributed by atoms with van der Waals surface area (Å²) >= 11 is 11.9. The molecule has 0 aliphatic carbocycles. The lowest BCUT2D eigenvalue weighted by atomic mass is 10.2. The summed E-state index contributed by atoms with van der Waals surface area (Å²) in [6.45, 7) is 1.49. The summed E-state index contributed by atoms with van der Waals surface area (Å²) in [6, 6.07) is 15.3. The average molecular weight is 363 g/mol. The average Bonchev–Trinajstić information content (AvgIpc) is 2.58. The molecule has 0 fully saturated rings. The summed E-state index contributed by atoms with van der Waals surface area (Å²) in [5, 5.41) is 3.97. The van der Waals surface area contributed by atoms with Gasteiger partial charge >= 0.3 is 0 Å². The lowest BCUT2D eigenvalue weighted by molar-refractivity contribution is -0.116. The molecule has 126 valence electrons. The second kappa shape index (κ2) is 9.36. The predicted molar refractivity (Wildman–Crippen MR) is 103 cm³/mol. The molecule has 24 heavy (non-hydrogen) atoms. The summed E-state index contributed by atoms with van der Waals surface area (Å²) in [4.78, 5) is 14.0. The zero-order chi connectivity index (χ0) is 17.4. The molecule has 2 rings (SSSR count). The van der Waals surface area contributed by atoms with Crippen LogP contribution >= 0.6 is 23.2 Å². The minimum atomic E-state index is -0.136. The number of hydrogen-bond acceptors (Lipinski definition) is 2. The third kappa shape index (κ3) is 5.91. The van der Waals surface area contributed by atoms with E-state index in [1.165, 1.54) is 11.8 Å². The van der Waals surface area contributed by atoms with Crippen molar-refractivity contribution in [3.05, 3.63) is 70.2 Å². The first-order valence-electron chi connectivity index (χ1n) is 7.73. The van der Waals surface area contributed by atoms with Gasteiger partial charge < -0.3 is 10.2 Å². The van der Waals surface area contributed by atoms with Gasteiger partial charge in [-0.2, -0.15) is 0 Å². The highest BCUT2D eigenvalue weighted by Gasteiger charge is 2.01. The molecule has 0 saturated carbocycles. The largest absolute Gasteiger partial charge is 0.375 e. The first kappa shape index (κ1) is 18.4. The van der Waals surface area contributed by atoms with E-state index in [4.69, 9.17) is 23.2 Å². The van der Waals surface area contributed by atoms with E-state index in [-0.39, 0.29) is 5.91 Å². The van der Waals surface area contributed by atoms with Crippen LogP contribution < -0.4 is 10.2 Å². The molecule has 1 N–H and O–H groups in total. The van der Waals surface area contributed by atoms with E-state index in [0.717, 1.165) is 18.5 Å². The number of nitrogens with zero attached hydrogens (tertiary/aromatic N) is 1. The summed E-state index contributed by atoms with van der Waals surface area (Å²) < 4.78 is 0. The van der Waals surface area contributed by atoms with Gasteiger partial charge in [0.15, 0.2) is 0 Å². The Morgan fingerprint density at radius 3 is 2.62 bits per heavy atom. The molecule has 0 aliphatic rings. The van der Waals surface area contributed by atoms with Crippen molar-refractivity contribution >= 4 is 40.9 Å². The van der Waals surface area contributed by atoms with Crippen molar-refractivity contribution in [3.63, 3.8) is 0 Å². The highest BCUT2D eigenvalue weighted by atomic mass is 35.5. The Hall–Kier alpha value is -1.97. The Morgan fingerprint density at radius 1 is 1.17 bits per heavy atom. The first-order chi connectivity index (χ1) is 11.6. The van der Waals surface area contributed by atoms with Gasteiger partial charge in [0.05, 0.1) is 0 Å². The normalized spacial score (nSPS) is 10.8. The van der Waals surface area contributed by atoms with Crippen LogP contribution in [0.15, 0.2) is 54.6 Å². The highest BCUT2D eigenvalue weighted by Crippen LogP contribution is 2.21. The maximum absolute atomic E-state index is 11.8. The minimum absolute atomic E-state index is 0.136. The van der Waals surface area contributed by atoms with Crippen LogP contribution in [0.25, 0.3) is 6.08 Å². The van der Waals surface area contributed by atoms with E-state index in [1.54, 1.807) is 24.3 Å². The standard InChI is InChI=1S/C19H20Cl2N2O/c1-23(17-6-3-2-4-7-17)13-5-12-22-19(24)11-9-15-8-10-16(20)14-18(15)21/h2-4,6-11,14H,5,12-13H2,1H3,(H,22,24)/b11-9+. The monoisotopic (exact) mass is 362 g/mol. The maximum atomic E-state index is 11.8. The molecular weight excluding hydrogens is 343 g/mol. The SMILES string of the molecule is CN(CCCNC(=O)/C=C/c1ccc(Cl)cc1Cl)c1ccccc1. The van der Waals surface area contributed by atoms with Gasteiger partial charge in [0.1, 0.15) is 0 Å². The van der Waals surface area contributed by atoms with Crippen molar-refractivity contribution in [1.82, 2.24) is 5.32 Å². The number of benzene rings is 2. The lowest BCUT2D eigenvalue weighted by Gasteiger charge is -2.19. The zero-order valence-electron chi connectivity index (χ0n) is 13.5. The predicted octanol–water partition coefficient (Wildman–Crippen LogP) is 4.65. The van der Waals surface area contributed by atoms with Gasteiger partial charge in [0.2, 0.25) is 5.91 Å². The van der Waals surface area contributed by atoms with Crippen LogP contribution in [-0.2, 0) is 4.79 Å². The highest BCUT2D eigenvalue weighted by molar-refractivity contribution is 6.35. The number of rotatable bonds is 7. The second-order valence-electron chi connectivity index (χ2n) is 5.40. The van der Waals surface area contributed by atoms with E-state index < -0.39 is 0 Å². The number of halogens is 2. The molecule has 0 bridgehead atoms. The fraction of sp³-hybridized carbons (Fsp3) is 0.211. The number of carbonyl (C=O) groups excluding carboxylic acids is 1. The number of anilines is 1. The molecule has 1 amide bonds. The van der Waals surface area contributed by atoms with Crippen LogP contribution in [0.5, 0.6) is 0 Å². The molecule has 3 nitrogen and oxygen atoms in total. The molecule has 2 aromatic carbocycles. The summed E-state index contributed by atoms with van der Waals surface area (Å²) in [5.41, 5.74) is 1.93. The number of nitrogens with one attached hydrogen (secondary N) is 1. The fourth-order valence-electron chi connectivity index (χ4n) is 2.20. The Labute approximate surface area is 152 Å². The van der Waals surface area contributed by atoms with Crippen LogP contribution in [0.1, 0.15) is 12.0 Å². The molecule has 0 spiro atoms. The van der Waals surface area contributed by atoms with Crippen LogP contribution in [0.2, 0.25) is 10.0 Å². The molecule has 2 aromatic rings. The van der Waals surface area contributed by atoms with E-state index in [9.17, 15) is 4.79 Å². The van der Waals surface area contributed by atoms with Crippen molar-refractivity contribution in [1.29, 1.82) is 0 Å². The summed E-state index contributed by atoms with van der Waals surface area (Å²) in [6.07, 6.45) is 4.03. The number of hydrogen-bond donors (Lipinski definition) is 1. The smallest absolute Gasteiger partial charge is 0.244 e. The van der Waals surface area contributed by atoms with Crippen molar-refractivity contribution in [3.8, 4) is 0 Å². The van der Waals surface area contributed by atoms with Crippen LogP contribution in [-0.4, -0.2) is 26.0 Å². The van der Waals surface area contributed by atoms with Crippen LogP contribution in [0.3, 0.4) is 0 Å². The van der Waals surface area contributed by atoms with E-state index in [0.29, 0.717) is 16.6 Å². The molecule has 0 aromatic heterocycles. The zero-order valence-corrected chi connectivity index (χ0v) is 15.0. The third-order valence-electron chi connectivity index (χ3n) is 3.54. The van der Waals surface area contributed by atoms with Crippen molar-refractivity contribution < 1.29 is 4.79 Å². The molecule has 5 heteroatoms. The quantitative estimate of drug-likeness (QED) is 0.574. The van der Waals surface area contributed by atoms with Gasteiger partial charge in [-0.15, -0.1) is 0 Å². The Kier molecular flexibility index (Phi) is 7.16. The van der Waals surface area contributed by atoms with E-state index in [2.05, 4.69) is 22.3 Å². The van der Waals surface area contributed by atoms with Crippen molar-refractivity contribution in [2.24, 2.45) is 0 Å². The molecular formula is C19H20Cl2N2O. The summed E-state index contributed by atoms with van der Waals surface area (Å²) in [7, 11) is 2.04. The first-order valence-corrected chi connectivity index (χ1v) is 8.49. The number of amides is 1. The Balaban J connectivity index is 1.72. The van der Waals surface area contributed by atoms with Gasteiger partial charge in [-0.25, -0.2) is 0 Å². The molecule has 0 unspecified atom stereocenters. The fourth-order valence-corrected chi connectivity index (χ4v) is 2.67. The van der Waals surface area contributed by atoms with Crippen LogP contribution in [0.4, 0.5) is 5.69 Å². The number of para-hydroxylation sites is 1.